The zero-order chi connectivity index (χ0) is 16.4. The number of hydrogen-bond donors (Lipinski definition) is 1. The molecule has 0 amide bonds. The van der Waals surface area contributed by atoms with Gasteiger partial charge in [0.25, 0.3) is 0 Å². The number of carbonyl (C=O) groups is 2. The van der Waals surface area contributed by atoms with E-state index >= 15 is 0 Å². The molecule has 0 radical (unpaired) electrons. The average Bonchev–Trinajstić information content (AvgIpc) is 3.01. The van der Waals surface area contributed by atoms with Gasteiger partial charge >= 0.3 is 5.97 Å². The van der Waals surface area contributed by atoms with Crippen LogP contribution >= 0.6 is 11.8 Å². The minimum atomic E-state index is -0.435. The van der Waals surface area contributed by atoms with Crippen LogP contribution in [0.3, 0.4) is 0 Å². The molecule has 0 aliphatic heterocycles. The number of aryl methyl sites for hydroxylation is 2. The fourth-order valence-corrected chi connectivity index (χ4v) is 3.17. The molecule has 0 aliphatic rings. The number of carbonyl (C=O) groups excluding carboxylic acids is 2. The van der Waals surface area contributed by atoms with Crippen molar-refractivity contribution >= 4 is 23.5 Å². The van der Waals surface area contributed by atoms with Gasteiger partial charge in [-0.1, -0.05) is 11.8 Å². The second-order valence-electron chi connectivity index (χ2n) is 5.06. The molecule has 2 heterocycles. The summed E-state index contributed by atoms with van der Waals surface area (Å²) in [5.41, 5.74) is 2.15. The van der Waals surface area contributed by atoms with Crippen molar-refractivity contribution in [3.05, 3.63) is 34.9 Å². The van der Waals surface area contributed by atoms with Crippen molar-refractivity contribution in [3.8, 4) is 0 Å². The summed E-state index contributed by atoms with van der Waals surface area (Å²) in [5.74, 6) is -0.501. The first-order chi connectivity index (χ1) is 10.4. The lowest BCUT2D eigenvalue weighted by Gasteiger charge is -2.09. The molecule has 2 aromatic heterocycles. The Bertz CT molecular complexity index is 718. The highest BCUT2D eigenvalue weighted by atomic mass is 32.2. The van der Waals surface area contributed by atoms with Gasteiger partial charge in [0, 0.05) is 25.1 Å². The van der Waals surface area contributed by atoms with Gasteiger partial charge in [-0.2, -0.15) is 0 Å². The van der Waals surface area contributed by atoms with E-state index in [1.807, 2.05) is 24.7 Å². The Morgan fingerprint density at radius 2 is 2.09 bits per heavy atom. The van der Waals surface area contributed by atoms with E-state index in [0.717, 1.165) is 5.16 Å². The topological polar surface area (TPSA) is 77.0 Å². The maximum Gasteiger partial charge on any atom is 0.339 e. The first kappa shape index (κ1) is 16.4. The summed E-state index contributed by atoms with van der Waals surface area (Å²) in [6.07, 6.45) is 3.53. The minimum absolute atomic E-state index is 0.0660. The highest BCUT2D eigenvalue weighted by Gasteiger charge is 2.26. The molecule has 7 heteroatoms. The predicted octanol–water partition coefficient (Wildman–Crippen LogP) is 2.52. The summed E-state index contributed by atoms with van der Waals surface area (Å²) < 4.78 is 6.63. The van der Waals surface area contributed by atoms with Crippen molar-refractivity contribution in [2.45, 2.75) is 31.2 Å². The molecule has 1 N–H and O–H groups in total. The molecule has 0 aromatic carbocycles. The van der Waals surface area contributed by atoms with Gasteiger partial charge in [-0.3, -0.25) is 4.79 Å². The lowest BCUT2D eigenvalue weighted by atomic mass is 10.1. The highest BCUT2D eigenvalue weighted by Crippen LogP contribution is 2.26. The number of aromatic nitrogens is 3. The monoisotopic (exact) mass is 321 g/mol. The third-order valence-corrected chi connectivity index (χ3v) is 4.67. The number of ether oxygens (including phenoxy) is 1. The first-order valence-electron chi connectivity index (χ1n) is 6.82. The molecule has 0 bridgehead atoms. The third kappa shape index (κ3) is 2.94. The second kappa shape index (κ2) is 6.39. The van der Waals surface area contributed by atoms with E-state index in [-0.39, 0.29) is 11.0 Å². The number of imidazole rings is 1. The number of nitrogens with one attached hydrogen (secondary N) is 1. The largest absolute Gasteiger partial charge is 0.465 e. The molecule has 0 unspecified atom stereocenters. The van der Waals surface area contributed by atoms with Crippen LogP contribution in [0.25, 0.3) is 0 Å². The Labute approximate surface area is 133 Å². The number of rotatable bonds is 5. The molecule has 22 heavy (non-hydrogen) atoms. The van der Waals surface area contributed by atoms with Crippen LogP contribution in [0.5, 0.6) is 0 Å². The Balaban J connectivity index is 2.26. The van der Waals surface area contributed by atoms with Gasteiger partial charge in [-0.05, 0) is 26.3 Å². The maximum absolute atomic E-state index is 12.6. The molecule has 118 valence electrons. The predicted molar refractivity (Wildman–Crippen MR) is 84.5 cm³/mol. The van der Waals surface area contributed by atoms with Crippen molar-refractivity contribution in [2.24, 2.45) is 7.05 Å². The van der Waals surface area contributed by atoms with Gasteiger partial charge in [-0.15, -0.1) is 0 Å². The van der Waals surface area contributed by atoms with Crippen LogP contribution in [0, 0.1) is 13.8 Å². The molecular weight excluding hydrogens is 302 g/mol. The van der Waals surface area contributed by atoms with Crippen molar-refractivity contribution in [1.29, 1.82) is 0 Å². The van der Waals surface area contributed by atoms with Gasteiger partial charge in [0.15, 0.2) is 10.9 Å². The van der Waals surface area contributed by atoms with E-state index in [2.05, 4.69) is 9.97 Å². The van der Waals surface area contributed by atoms with E-state index in [9.17, 15) is 9.59 Å². The summed E-state index contributed by atoms with van der Waals surface area (Å²) in [4.78, 5) is 31.6. The van der Waals surface area contributed by atoms with Crippen LogP contribution in [0.15, 0.2) is 17.6 Å². The highest BCUT2D eigenvalue weighted by molar-refractivity contribution is 8.00. The minimum Gasteiger partial charge on any atom is -0.465 e. The Morgan fingerprint density at radius 3 is 2.64 bits per heavy atom. The van der Waals surface area contributed by atoms with Crippen molar-refractivity contribution < 1.29 is 14.3 Å². The molecule has 0 saturated heterocycles. The molecule has 1 atom stereocenters. The Morgan fingerprint density at radius 1 is 1.41 bits per heavy atom. The Kier molecular flexibility index (Phi) is 4.75. The van der Waals surface area contributed by atoms with E-state index in [4.69, 9.17) is 4.74 Å². The van der Waals surface area contributed by atoms with Gasteiger partial charge in [0.05, 0.1) is 23.6 Å². The van der Waals surface area contributed by atoms with E-state index in [1.165, 1.54) is 18.9 Å². The lowest BCUT2D eigenvalue weighted by Crippen LogP contribution is -2.16. The number of nitrogens with zero attached hydrogens (tertiary/aromatic N) is 2. The molecule has 6 nitrogen and oxygen atoms in total. The molecule has 0 aliphatic carbocycles. The van der Waals surface area contributed by atoms with Gasteiger partial charge in [-0.25, -0.2) is 9.78 Å². The summed E-state index contributed by atoms with van der Waals surface area (Å²) in [6.45, 7) is 5.34. The molecule has 2 rings (SSSR count). The smallest absolute Gasteiger partial charge is 0.339 e. The molecule has 2 aromatic rings. The fraction of sp³-hybridized carbons (Fsp3) is 0.400. The van der Waals surface area contributed by atoms with Crippen molar-refractivity contribution in [1.82, 2.24) is 14.5 Å². The summed E-state index contributed by atoms with van der Waals surface area (Å²) >= 11 is 1.38. The Hall–Kier alpha value is -2.02. The summed E-state index contributed by atoms with van der Waals surface area (Å²) in [6, 6.07) is 0. The van der Waals surface area contributed by atoms with Crippen molar-refractivity contribution in [3.63, 3.8) is 0 Å². The van der Waals surface area contributed by atoms with Crippen LogP contribution in [0.1, 0.15) is 39.0 Å². The number of H-pyrrole nitrogens is 1. The quantitative estimate of drug-likeness (QED) is 0.520. The van der Waals surface area contributed by atoms with E-state index in [1.54, 1.807) is 20.0 Å². The number of thioether (sulfide) groups is 1. The number of Topliss-reactive ketones (excluding diaryl/α,β-unsaturated/α-hetero) is 1. The van der Waals surface area contributed by atoms with E-state index in [0.29, 0.717) is 22.5 Å². The SMILES string of the molecule is COC(=O)c1c(C)[nH]c(C(=O)[C@@H](C)Sc2nccn2C)c1C. The van der Waals surface area contributed by atoms with Gasteiger partial charge in [0.1, 0.15) is 0 Å². The van der Waals surface area contributed by atoms with Gasteiger partial charge < -0.3 is 14.3 Å². The summed E-state index contributed by atoms with van der Waals surface area (Å²) in [7, 11) is 3.21. The normalized spacial score (nSPS) is 12.2. The number of ketones is 1. The average molecular weight is 321 g/mol. The van der Waals surface area contributed by atoms with Crippen LogP contribution in [-0.2, 0) is 11.8 Å². The molecule has 0 spiro atoms. The molecule has 0 saturated carbocycles. The third-order valence-electron chi connectivity index (χ3n) is 3.50. The van der Waals surface area contributed by atoms with Crippen LogP contribution in [0.4, 0.5) is 0 Å². The van der Waals surface area contributed by atoms with E-state index < -0.39 is 5.97 Å². The van der Waals surface area contributed by atoms with Crippen LogP contribution < -0.4 is 0 Å². The fourth-order valence-electron chi connectivity index (χ4n) is 2.29. The second-order valence-corrected chi connectivity index (χ2v) is 6.37. The van der Waals surface area contributed by atoms with Crippen LogP contribution in [-0.4, -0.2) is 38.6 Å². The number of aromatic amines is 1. The first-order valence-corrected chi connectivity index (χ1v) is 7.70. The lowest BCUT2D eigenvalue weighted by molar-refractivity contribution is 0.0599. The molecule has 0 fully saturated rings. The standard InChI is InChI=1S/C15H19N3O3S/c1-8-11(14(20)21-5)9(2)17-12(8)13(19)10(3)22-15-16-6-7-18(15)4/h6-7,10,17H,1-5H3/t10-/m1/s1. The summed E-state index contributed by atoms with van der Waals surface area (Å²) in [5, 5.41) is 0.457. The van der Waals surface area contributed by atoms with Gasteiger partial charge in [0.2, 0.25) is 0 Å². The number of esters is 1. The zero-order valence-electron chi connectivity index (χ0n) is 13.3. The molecular formula is C15H19N3O3S. The number of hydrogen-bond acceptors (Lipinski definition) is 5. The zero-order valence-corrected chi connectivity index (χ0v) is 14.1. The maximum atomic E-state index is 12.6. The van der Waals surface area contributed by atoms with Crippen LogP contribution in [0.2, 0.25) is 0 Å². The number of methoxy groups -OCH3 is 1. The van der Waals surface area contributed by atoms with Crippen molar-refractivity contribution in [2.75, 3.05) is 7.11 Å².